The second-order valence-electron chi connectivity index (χ2n) is 10.3. The molecule has 42 heavy (non-hydrogen) atoms. The number of aromatic nitrogens is 1. The van der Waals surface area contributed by atoms with Gasteiger partial charge in [0.05, 0.1) is 25.4 Å². The predicted molar refractivity (Wildman–Crippen MR) is 152 cm³/mol. The van der Waals surface area contributed by atoms with Crippen molar-refractivity contribution >= 4 is 21.7 Å². The Kier molecular flexibility index (Phi) is 9.83. The van der Waals surface area contributed by atoms with Gasteiger partial charge in [-0.3, -0.25) is 4.72 Å². The third-order valence-corrected chi connectivity index (χ3v) is 8.30. The lowest BCUT2D eigenvalue weighted by atomic mass is 9.87. The van der Waals surface area contributed by atoms with E-state index in [1.165, 1.54) is 18.3 Å². The Balaban J connectivity index is 1.45. The van der Waals surface area contributed by atoms with Crippen LogP contribution in [0.15, 0.2) is 69.0 Å². The number of pyridine rings is 1. The molecule has 0 aliphatic heterocycles. The molecular formula is C28H34N4O9S. The molecule has 2 heterocycles. The number of aromatic hydroxyl groups is 1. The SMILES string of the molecule is O=C(NCCCc1cc(O)c(C(c2cccc(NS(=O)(=O)c3ccccn3)c2)C2CC2)c(=O)o1)NC(CO)(CO)CO. The fraction of sp³-hybridized carbons (Fsp3) is 0.393. The third-order valence-electron chi connectivity index (χ3n) is 7.01. The molecular weight excluding hydrogens is 568 g/mol. The minimum Gasteiger partial charge on any atom is -0.507 e. The maximum absolute atomic E-state index is 13.1. The topological polar surface area (TPSA) is 211 Å². The number of nitrogens with one attached hydrogen (secondary N) is 3. The van der Waals surface area contributed by atoms with E-state index in [0.29, 0.717) is 12.0 Å². The molecule has 1 aliphatic rings. The molecule has 7 N–H and O–H groups in total. The molecule has 1 unspecified atom stereocenters. The Labute approximate surface area is 242 Å². The Morgan fingerprint density at radius 1 is 1.07 bits per heavy atom. The molecule has 4 rings (SSSR count). The van der Waals surface area contributed by atoms with Crippen LogP contribution in [0.3, 0.4) is 0 Å². The zero-order valence-electron chi connectivity index (χ0n) is 22.7. The maximum Gasteiger partial charge on any atom is 0.343 e. The van der Waals surface area contributed by atoms with Gasteiger partial charge in [-0.1, -0.05) is 18.2 Å². The van der Waals surface area contributed by atoms with Crippen molar-refractivity contribution in [3.05, 3.63) is 82.0 Å². The first-order valence-corrected chi connectivity index (χ1v) is 14.9. The van der Waals surface area contributed by atoms with Crippen molar-refractivity contribution in [1.29, 1.82) is 0 Å². The van der Waals surface area contributed by atoms with Crippen LogP contribution in [-0.4, -0.2) is 71.8 Å². The largest absolute Gasteiger partial charge is 0.507 e. The summed E-state index contributed by atoms with van der Waals surface area (Å²) in [5.74, 6) is -0.462. The first-order chi connectivity index (χ1) is 20.1. The molecule has 1 saturated carbocycles. The number of carbonyl (C=O) groups excluding carboxylic acids is 1. The number of aliphatic hydroxyl groups is 3. The molecule has 1 fully saturated rings. The molecule has 1 atom stereocenters. The number of sulfonamides is 1. The quantitative estimate of drug-likeness (QED) is 0.130. The van der Waals surface area contributed by atoms with Crippen LogP contribution in [0.4, 0.5) is 10.5 Å². The van der Waals surface area contributed by atoms with Crippen LogP contribution in [0.25, 0.3) is 0 Å². The summed E-state index contributed by atoms with van der Waals surface area (Å²) in [6.45, 7) is -1.83. The van der Waals surface area contributed by atoms with Crippen molar-refractivity contribution in [3.63, 3.8) is 0 Å². The molecule has 2 aromatic heterocycles. The summed E-state index contributed by atoms with van der Waals surface area (Å²) < 4.78 is 33.5. The number of hydrogen-bond donors (Lipinski definition) is 7. The second-order valence-corrected chi connectivity index (χ2v) is 11.9. The van der Waals surface area contributed by atoms with Crippen molar-refractivity contribution in [2.24, 2.45) is 5.92 Å². The summed E-state index contributed by atoms with van der Waals surface area (Å²) in [7, 11) is -3.93. The van der Waals surface area contributed by atoms with Crippen molar-refractivity contribution in [1.82, 2.24) is 15.6 Å². The summed E-state index contributed by atoms with van der Waals surface area (Å²) in [5, 5.41) is 43.6. The summed E-state index contributed by atoms with van der Waals surface area (Å²) in [6.07, 6.45) is 3.59. The minimum absolute atomic E-state index is 0.0684. The van der Waals surface area contributed by atoms with Crippen molar-refractivity contribution in [2.75, 3.05) is 31.1 Å². The number of nitrogens with zero attached hydrogens (tertiary/aromatic N) is 1. The lowest BCUT2D eigenvalue weighted by Crippen LogP contribution is -2.59. The zero-order valence-corrected chi connectivity index (χ0v) is 23.5. The number of benzene rings is 1. The summed E-state index contributed by atoms with van der Waals surface area (Å²) in [5.41, 5.74) is -1.23. The lowest BCUT2D eigenvalue weighted by Gasteiger charge is -2.28. The highest BCUT2D eigenvalue weighted by molar-refractivity contribution is 7.92. The average molecular weight is 603 g/mol. The van der Waals surface area contributed by atoms with E-state index < -0.39 is 53.0 Å². The van der Waals surface area contributed by atoms with Gasteiger partial charge >= 0.3 is 11.7 Å². The van der Waals surface area contributed by atoms with Crippen molar-refractivity contribution in [2.45, 2.75) is 42.2 Å². The van der Waals surface area contributed by atoms with Crippen molar-refractivity contribution < 1.29 is 38.1 Å². The van der Waals surface area contributed by atoms with Crippen LogP contribution in [0.5, 0.6) is 5.75 Å². The van der Waals surface area contributed by atoms with Crippen LogP contribution in [0, 0.1) is 5.92 Å². The molecule has 2 amide bonds. The highest BCUT2D eigenvalue weighted by atomic mass is 32.2. The molecule has 0 radical (unpaired) electrons. The lowest BCUT2D eigenvalue weighted by molar-refractivity contribution is 0.0493. The molecule has 14 heteroatoms. The second kappa shape index (κ2) is 13.3. The van der Waals surface area contributed by atoms with E-state index in [1.807, 2.05) is 0 Å². The van der Waals surface area contributed by atoms with Crippen LogP contribution in [0.1, 0.15) is 42.1 Å². The van der Waals surface area contributed by atoms with E-state index in [1.54, 1.807) is 36.4 Å². The van der Waals surface area contributed by atoms with Gasteiger partial charge in [0.25, 0.3) is 10.0 Å². The third kappa shape index (κ3) is 7.45. The number of rotatable bonds is 14. The van der Waals surface area contributed by atoms with E-state index >= 15 is 0 Å². The van der Waals surface area contributed by atoms with E-state index in [2.05, 4.69) is 20.3 Å². The van der Waals surface area contributed by atoms with Gasteiger partial charge in [0, 0.05) is 36.8 Å². The molecule has 3 aromatic rings. The molecule has 0 spiro atoms. The van der Waals surface area contributed by atoms with Crippen LogP contribution in [-0.2, 0) is 16.4 Å². The first-order valence-electron chi connectivity index (χ1n) is 13.4. The van der Waals surface area contributed by atoms with Crippen LogP contribution in [0.2, 0.25) is 0 Å². The number of carbonyl (C=O) groups is 1. The fourth-order valence-corrected chi connectivity index (χ4v) is 5.58. The Hall–Kier alpha value is -3.98. The zero-order chi connectivity index (χ0) is 30.3. The number of aryl methyl sites for hydroxylation is 1. The van der Waals surface area contributed by atoms with Gasteiger partial charge in [-0.2, -0.15) is 8.42 Å². The molecule has 0 saturated heterocycles. The van der Waals surface area contributed by atoms with E-state index in [4.69, 9.17) is 4.42 Å². The van der Waals surface area contributed by atoms with Crippen LogP contribution >= 0.6 is 0 Å². The van der Waals surface area contributed by atoms with Crippen molar-refractivity contribution in [3.8, 4) is 5.75 Å². The molecule has 226 valence electrons. The van der Waals surface area contributed by atoms with Gasteiger partial charge in [-0.15, -0.1) is 0 Å². The Morgan fingerprint density at radius 3 is 2.43 bits per heavy atom. The number of anilines is 1. The van der Waals surface area contributed by atoms with Gasteiger partial charge in [0.2, 0.25) is 0 Å². The average Bonchev–Trinajstić information content (AvgIpc) is 3.82. The smallest absolute Gasteiger partial charge is 0.343 e. The summed E-state index contributed by atoms with van der Waals surface area (Å²) in [4.78, 5) is 29.0. The molecule has 1 aliphatic carbocycles. The summed E-state index contributed by atoms with van der Waals surface area (Å²) in [6, 6.07) is 11.9. The van der Waals surface area contributed by atoms with Gasteiger partial charge < -0.3 is 35.5 Å². The van der Waals surface area contributed by atoms with E-state index in [9.17, 15) is 38.4 Å². The highest BCUT2D eigenvalue weighted by Crippen LogP contribution is 2.48. The van der Waals surface area contributed by atoms with Gasteiger partial charge in [-0.05, 0) is 55.0 Å². The normalized spacial score (nSPS) is 14.3. The van der Waals surface area contributed by atoms with E-state index in [0.717, 1.165) is 12.8 Å². The number of amides is 2. The van der Waals surface area contributed by atoms with E-state index in [-0.39, 0.29) is 46.7 Å². The standard InChI is InChI=1S/C28H34N4O9S/c33-15-28(16-34,17-35)31-27(38)30-12-4-7-21-14-22(36)25(26(37)41-21)24(18-9-10-18)19-5-3-6-20(13-19)32-42(39,40)23-8-1-2-11-29-23/h1-3,5-6,8,11,13-14,18,24,32-36H,4,7,9-10,12,15-17H2,(H2,30,31,38). The summed E-state index contributed by atoms with van der Waals surface area (Å²) >= 11 is 0. The first kappa shape index (κ1) is 31.0. The van der Waals surface area contributed by atoms with Gasteiger partial charge in [0.15, 0.2) is 5.03 Å². The predicted octanol–water partition coefficient (Wildman–Crippen LogP) is 1.03. The number of urea groups is 1. The Morgan fingerprint density at radius 2 is 1.81 bits per heavy atom. The molecule has 0 bridgehead atoms. The fourth-order valence-electron chi connectivity index (χ4n) is 4.58. The minimum atomic E-state index is -3.93. The Bertz CT molecular complexity index is 1530. The van der Waals surface area contributed by atoms with Gasteiger partial charge in [-0.25, -0.2) is 14.6 Å². The van der Waals surface area contributed by atoms with Crippen LogP contribution < -0.4 is 21.0 Å². The number of hydrogen-bond acceptors (Lipinski definition) is 10. The maximum atomic E-state index is 13.1. The molecule has 1 aromatic carbocycles. The monoisotopic (exact) mass is 602 g/mol. The molecule has 13 nitrogen and oxygen atoms in total. The van der Waals surface area contributed by atoms with Gasteiger partial charge in [0.1, 0.15) is 17.0 Å². The number of aliphatic hydroxyl groups excluding tert-OH is 3. The highest BCUT2D eigenvalue weighted by Gasteiger charge is 2.37.